The van der Waals surface area contributed by atoms with Crippen molar-refractivity contribution in [1.29, 1.82) is 0 Å². The van der Waals surface area contributed by atoms with Gasteiger partial charge in [0, 0.05) is 13.1 Å². The molecule has 3 amide bonds. The normalized spacial score (nSPS) is 18.4. The number of hydrogen-bond donors (Lipinski definition) is 2. The summed E-state index contributed by atoms with van der Waals surface area (Å²) >= 11 is 0. The largest absolute Gasteiger partial charge is 0.408 e. The van der Waals surface area contributed by atoms with Gasteiger partial charge in [-0.3, -0.25) is 15.0 Å². The molecule has 0 aromatic carbocycles. The lowest BCUT2D eigenvalue weighted by Crippen LogP contribution is -2.49. The van der Waals surface area contributed by atoms with Crippen LogP contribution in [0.15, 0.2) is 24.4 Å². The van der Waals surface area contributed by atoms with E-state index >= 15 is 0 Å². The van der Waals surface area contributed by atoms with Gasteiger partial charge in [-0.1, -0.05) is 0 Å². The molecule has 4 rings (SSSR count). The van der Waals surface area contributed by atoms with E-state index < -0.39 is 24.2 Å². The molecule has 0 spiro atoms. The van der Waals surface area contributed by atoms with E-state index in [0.29, 0.717) is 25.2 Å². The number of aryl methyl sites for hydroxylation is 1. The molecule has 0 radical (unpaired) electrons. The minimum absolute atomic E-state index is 0.190. The van der Waals surface area contributed by atoms with Gasteiger partial charge in [0.1, 0.15) is 11.7 Å². The first-order chi connectivity index (χ1) is 14.6. The van der Waals surface area contributed by atoms with Crippen LogP contribution in [-0.4, -0.2) is 58.5 Å². The van der Waals surface area contributed by atoms with Crippen molar-refractivity contribution in [3.8, 4) is 0 Å². The number of alkyl halides is 3. The Hall–Kier alpha value is -3.44. The molecule has 2 aromatic rings. The zero-order valence-electron chi connectivity index (χ0n) is 16.8. The third-order valence-electron chi connectivity index (χ3n) is 5.27. The Morgan fingerprint density at radius 1 is 1.29 bits per heavy atom. The molecule has 9 nitrogen and oxygen atoms in total. The summed E-state index contributed by atoms with van der Waals surface area (Å²) in [5, 5.41) is 12.3. The van der Waals surface area contributed by atoms with Crippen LogP contribution in [0.25, 0.3) is 0 Å². The molecule has 12 heteroatoms. The van der Waals surface area contributed by atoms with Crippen molar-refractivity contribution in [3.05, 3.63) is 35.7 Å². The van der Waals surface area contributed by atoms with E-state index in [-0.39, 0.29) is 23.4 Å². The molecule has 2 aliphatic heterocycles. The molecule has 1 unspecified atom stereocenters. The molecule has 31 heavy (non-hydrogen) atoms. The number of anilines is 3. The SMILES string of the molecule is Cc1cnnc(NC(=O)N2c3nc(C(=O)NC(C)C(F)(F)F)ccc3N3CC[C@H]2C3)c1. The molecule has 1 fully saturated rings. The average Bonchev–Trinajstić information content (AvgIpc) is 3.11. The van der Waals surface area contributed by atoms with Gasteiger partial charge in [0.2, 0.25) is 0 Å². The highest BCUT2D eigenvalue weighted by molar-refractivity contribution is 6.05. The van der Waals surface area contributed by atoms with E-state index in [1.165, 1.54) is 11.0 Å². The van der Waals surface area contributed by atoms with Crippen molar-refractivity contribution in [2.75, 3.05) is 28.2 Å². The number of pyridine rings is 1. The highest BCUT2D eigenvalue weighted by Gasteiger charge is 2.41. The van der Waals surface area contributed by atoms with Crippen LogP contribution in [-0.2, 0) is 0 Å². The summed E-state index contributed by atoms with van der Waals surface area (Å²) < 4.78 is 38.4. The lowest BCUT2D eigenvalue weighted by Gasteiger charge is -2.35. The molecule has 2 bridgehead atoms. The Kier molecular flexibility index (Phi) is 5.15. The smallest absolute Gasteiger partial charge is 0.366 e. The van der Waals surface area contributed by atoms with Gasteiger partial charge in [0.05, 0.1) is 17.9 Å². The summed E-state index contributed by atoms with van der Waals surface area (Å²) in [6.45, 7) is 3.96. The number of urea groups is 1. The van der Waals surface area contributed by atoms with Crippen molar-refractivity contribution in [1.82, 2.24) is 20.5 Å². The van der Waals surface area contributed by atoms with Gasteiger partial charge in [0.15, 0.2) is 11.6 Å². The van der Waals surface area contributed by atoms with Gasteiger partial charge in [-0.15, -0.1) is 5.10 Å². The Labute approximate surface area is 175 Å². The standard InChI is InChI=1S/C19H20F3N7O2/c1-10-7-15(27-23-8-10)26-18(31)29-12-5-6-28(9-12)14-4-3-13(25-16(14)29)17(30)24-11(2)19(20,21)22/h3-4,7-8,11-12H,5-6,9H2,1-2H3,(H,24,30)(H,26,27,31)/t11?,12-/m0/s1. The number of amides is 3. The van der Waals surface area contributed by atoms with Crippen molar-refractivity contribution < 1.29 is 22.8 Å². The number of carbonyl (C=O) groups is 2. The van der Waals surface area contributed by atoms with Gasteiger partial charge in [-0.2, -0.15) is 18.3 Å². The van der Waals surface area contributed by atoms with Crippen LogP contribution in [0, 0.1) is 6.92 Å². The first kappa shape index (κ1) is 20.8. The molecular formula is C19H20F3N7O2. The topological polar surface area (TPSA) is 103 Å². The molecule has 2 N–H and O–H groups in total. The third-order valence-corrected chi connectivity index (χ3v) is 5.27. The van der Waals surface area contributed by atoms with Crippen LogP contribution in [0.1, 0.15) is 29.4 Å². The fraction of sp³-hybridized carbons (Fsp3) is 0.421. The number of carbonyl (C=O) groups excluding carboxylic acids is 2. The number of hydrogen-bond acceptors (Lipinski definition) is 6. The maximum absolute atomic E-state index is 13.1. The zero-order valence-corrected chi connectivity index (χ0v) is 16.8. The second kappa shape index (κ2) is 7.67. The minimum atomic E-state index is -4.57. The van der Waals surface area contributed by atoms with Crippen molar-refractivity contribution in [2.45, 2.75) is 38.5 Å². The quantitative estimate of drug-likeness (QED) is 0.768. The van der Waals surface area contributed by atoms with E-state index in [0.717, 1.165) is 12.5 Å². The molecular weight excluding hydrogens is 415 g/mol. The van der Waals surface area contributed by atoms with Gasteiger partial charge < -0.3 is 10.2 Å². The van der Waals surface area contributed by atoms with Crippen LogP contribution in [0.5, 0.6) is 0 Å². The summed E-state index contributed by atoms with van der Waals surface area (Å²) in [5.41, 5.74) is 1.25. The maximum atomic E-state index is 13.1. The Morgan fingerprint density at radius 3 is 2.77 bits per heavy atom. The summed E-state index contributed by atoms with van der Waals surface area (Å²) in [7, 11) is 0. The molecule has 164 valence electrons. The average molecular weight is 435 g/mol. The van der Waals surface area contributed by atoms with Gasteiger partial charge in [-0.05, 0) is 44.0 Å². The Balaban J connectivity index is 1.63. The number of halogens is 3. The van der Waals surface area contributed by atoms with Crippen LogP contribution < -0.4 is 20.4 Å². The van der Waals surface area contributed by atoms with E-state index in [9.17, 15) is 22.8 Å². The van der Waals surface area contributed by atoms with Crippen LogP contribution in [0.4, 0.5) is 35.3 Å². The molecule has 2 aliphatic rings. The van der Waals surface area contributed by atoms with Gasteiger partial charge in [0.25, 0.3) is 5.91 Å². The van der Waals surface area contributed by atoms with E-state index in [4.69, 9.17) is 0 Å². The fourth-order valence-electron chi connectivity index (χ4n) is 3.65. The van der Waals surface area contributed by atoms with E-state index in [2.05, 4.69) is 20.5 Å². The molecule has 2 atom stereocenters. The highest BCUT2D eigenvalue weighted by Crippen LogP contribution is 2.39. The summed E-state index contributed by atoms with van der Waals surface area (Å²) in [6, 6.07) is 1.90. The summed E-state index contributed by atoms with van der Waals surface area (Å²) in [5.74, 6) is -0.482. The predicted octanol–water partition coefficient (Wildman–Crippen LogP) is 2.49. The number of rotatable bonds is 3. The van der Waals surface area contributed by atoms with Crippen LogP contribution in [0.3, 0.4) is 0 Å². The maximum Gasteiger partial charge on any atom is 0.408 e. The molecule has 2 aromatic heterocycles. The molecule has 0 aliphatic carbocycles. The number of fused-ring (bicyclic) bond motifs is 4. The Morgan fingerprint density at radius 2 is 2.06 bits per heavy atom. The third kappa shape index (κ3) is 4.09. The monoisotopic (exact) mass is 435 g/mol. The number of aromatic nitrogens is 3. The van der Waals surface area contributed by atoms with Gasteiger partial charge >= 0.3 is 12.2 Å². The number of nitrogens with one attached hydrogen (secondary N) is 2. The van der Waals surface area contributed by atoms with Crippen LogP contribution in [0.2, 0.25) is 0 Å². The van der Waals surface area contributed by atoms with E-state index in [1.54, 1.807) is 18.3 Å². The first-order valence-electron chi connectivity index (χ1n) is 9.66. The lowest BCUT2D eigenvalue weighted by atomic mass is 10.1. The number of nitrogens with zero attached hydrogens (tertiary/aromatic N) is 5. The minimum Gasteiger partial charge on any atom is -0.366 e. The van der Waals surface area contributed by atoms with Gasteiger partial charge in [-0.25, -0.2) is 9.78 Å². The summed E-state index contributed by atoms with van der Waals surface area (Å²) in [4.78, 5) is 33.1. The van der Waals surface area contributed by atoms with Crippen molar-refractivity contribution in [3.63, 3.8) is 0 Å². The van der Waals surface area contributed by atoms with Crippen molar-refractivity contribution in [2.24, 2.45) is 0 Å². The Bertz CT molecular complexity index is 1030. The van der Waals surface area contributed by atoms with Crippen LogP contribution >= 0.6 is 0 Å². The predicted molar refractivity (Wildman–Crippen MR) is 106 cm³/mol. The second-order valence-corrected chi connectivity index (χ2v) is 7.58. The fourth-order valence-corrected chi connectivity index (χ4v) is 3.65. The highest BCUT2D eigenvalue weighted by atomic mass is 19.4. The molecule has 0 saturated carbocycles. The summed E-state index contributed by atoms with van der Waals surface area (Å²) in [6.07, 6.45) is -2.33. The van der Waals surface area contributed by atoms with Crippen molar-refractivity contribution >= 4 is 29.3 Å². The lowest BCUT2D eigenvalue weighted by molar-refractivity contribution is -0.149. The van der Waals surface area contributed by atoms with E-state index in [1.807, 2.05) is 17.1 Å². The molecule has 1 saturated heterocycles. The molecule has 4 heterocycles. The first-order valence-corrected chi connectivity index (χ1v) is 9.66. The zero-order chi connectivity index (χ0) is 22.3. The second-order valence-electron chi connectivity index (χ2n) is 7.58.